The van der Waals surface area contributed by atoms with Crippen LogP contribution in [0.25, 0.3) is 20.5 Å². The van der Waals surface area contributed by atoms with Gasteiger partial charge in [-0.2, -0.15) is 0 Å². The van der Waals surface area contributed by atoms with Crippen LogP contribution in [0.5, 0.6) is 0 Å². The van der Waals surface area contributed by atoms with Crippen molar-refractivity contribution in [1.29, 1.82) is 0 Å². The molecule has 1 aliphatic carbocycles. The topological polar surface area (TPSA) is 12.4 Å². The monoisotopic (exact) mass is 409 g/mol. The van der Waals surface area contributed by atoms with Gasteiger partial charge in [0.05, 0.1) is 5.36 Å². The Kier molecular flexibility index (Phi) is 6.82. The third-order valence-corrected chi connectivity index (χ3v) is 7.18. The van der Waals surface area contributed by atoms with E-state index in [4.69, 9.17) is 16.6 Å². The molecule has 1 aliphatic rings. The number of fused-ring (bicyclic) bond motifs is 1. The van der Waals surface area contributed by atoms with Crippen LogP contribution in [0.3, 0.4) is 0 Å². The second-order valence-corrected chi connectivity index (χ2v) is 9.40. The van der Waals surface area contributed by atoms with Gasteiger partial charge in [-0.3, -0.25) is 4.99 Å². The summed E-state index contributed by atoms with van der Waals surface area (Å²) in [5.41, 5.74) is 1.25. The molecule has 3 heteroatoms. The predicted octanol–water partition coefficient (Wildman–Crippen LogP) is 7.87. The summed E-state index contributed by atoms with van der Waals surface area (Å²) in [5.74, 6) is 0.969. The average Bonchev–Trinajstić information content (AvgIpc) is 2.75. The molecule has 1 aromatic heterocycles. The van der Waals surface area contributed by atoms with Crippen LogP contribution in [0, 0.1) is 5.92 Å². The summed E-state index contributed by atoms with van der Waals surface area (Å²) in [5, 5.41) is 3.03. The maximum Gasteiger partial charge on any atom is 0.0675 e. The maximum atomic E-state index is 6.28. The van der Waals surface area contributed by atoms with E-state index in [2.05, 4.69) is 48.5 Å². The highest BCUT2D eigenvalue weighted by atomic mass is 35.5. The molecule has 1 heterocycles. The second kappa shape index (κ2) is 9.71. The van der Waals surface area contributed by atoms with Gasteiger partial charge in [0, 0.05) is 26.5 Å². The van der Waals surface area contributed by atoms with E-state index < -0.39 is 0 Å². The van der Waals surface area contributed by atoms with E-state index in [1.807, 2.05) is 6.07 Å². The molecule has 4 rings (SSSR count). The molecular formula is C25H28ClNS. The maximum absolute atomic E-state index is 6.28. The summed E-state index contributed by atoms with van der Waals surface area (Å²) in [6, 6.07) is 19.0. The molecule has 1 fully saturated rings. The number of halogens is 1. The van der Waals surface area contributed by atoms with E-state index in [1.54, 1.807) is 11.3 Å². The molecule has 0 saturated heterocycles. The van der Waals surface area contributed by atoms with Crippen LogP contribution in [0.2, 0.25) is 5.02 Å². The molecule has 2 aromatic carbocycles. The van der Waals surface area contributed by atoms with Crippen LogP contribution in [-0.2, 0) is 0 Å². The lowest BCUT2D eigenvalue weighted by Gasteiger charge is -2.20. The van der Waals surface area contributed by atoms with Gasteiger partial charge in [-0.1, -0.05) is 86.9 Å². The summed E-state index contributed by atoms with van der Waals surface area (Å²) in [4.78, 5) is 6.25. The standard InChI is InChI=1S/C25H28ClNS/c26-21-14-15-24-22(17-21)23(18-25(28-24)20-12-5-2-6-13-20)27-16-8-7-11-19-9-3-1-4-10-19/h2,5-6,12-15,17-19H,1,3-4,7-11,16H2. The van der Waals surface area contributed by atoms with Crippen molar-refractivity contribution in [3.05, 3.63) is 65.0 Å². The quantitative estimate of drug-likeness (QED) is 0.367. The Balaban J connectivity index is 1.53. The lowest BCUT2D eigenvalue weighted by molar-refractivity contribution is 0.330. The fraction of sp³-hybridized carbons (Fsp3) is 0.400. The molecule has 0 aliphatic heterocycles. The minimum atomic E-state index is 0.779. The molecule has 0 N–H and O–H groups in total. The van der Waals surface area contributed by atoms with Crippen molar-refractivity contribution in [1.82, 2.24) is 0 Å². The van der Waals surface area contributed by atoms with Crippen LogP contribution in [0.4, 0.5) is 0 Å². The molecule has 0 unspecified atom stereocenters. The second-order valence-electron chi connectivity index (χ2n) is 7.88. The summed E-state index contributed by atoms with van der Waals surface area (Å²) in [7, 11) is 0. The van der Waals surface area contributed by atoms with E-state index >= 15 is 0 Å². The Hall–Kier alpha value is -1.64. The Bertz CT molecular complexity index is 971. The Morgan fingerprint density at radius 3 is 2.57 bits per heavy atom. The molecule has 146 valence electrons. The number of benzene rings is 2. The van der Waals surface area contributed by atoms with Crippen molar-refractivity contribution in [2.24, 2.45) is 10.9 Å². The largest absolute Gasteiger partial charge is 0.285 e. The van der Waals surface area contributed by atoms with Gasteiger partial charge in [-0.05, 0) is 42.2 Å². The van der Waals surface area contributed by atoms with Crippen LogP contribution >= 0.6 is 22.9 Å². The molecule has 1 nitrogen and oxygen atoms in total. The minimum Gasteiger partial charge on any atom is -0.285 e. The third kappa shape index (κ3) is 5.04. The molecule has 0 spiro atoms. The van der Waals surface area contributed by atoms with Gasteiger partial charge >= 0.3 is 0 Å². The van der Waals surface area contributed by atoms with Gasteiger partial charge < -0.3 is 0 Å². The van der Waals surface area contributed by atoms with Crippen LogP contribution < -0.4 is 5.36 Å². The SMILES string of the molecule is Clc1ccc2sc(-c3ccccc3)cc(=NCCCCC3CCCCC3)c2c1. The van der Waals surface area contributed by atoms with Gasteiger partial charge in [0.1, 0.15) is 0 Å². The van der Waals surface area contributed by atoms with Crippen LogP contribution in [-0.4, -0.2) is 6.54 Å². The van der Waals surface area contributed by atoms with Crippen molar-refractivity contribution in [3.63, 3.8) is 0 Å². The van der Waals surface area contributed by atoms with Gasteiger partial charge in [-0.25, -0.2) is 0 Å². The average molecular weight is 410 g/mol. The zero-order valence-corrected chi connectivity index (χ0v) is 17.9. The van der Waals surface area contributed by atoms with E-state index in [-0.39, 0.29) is 0 Å². The summed E-state index contributed by atoms with van der Waals surface area (Å²) in [6.07, 6.45) is 11.1. The van der Waals surface area contributed by atoms with Gasteiger partial charge in [0.15, 0.2) is 0 Å². The zero-order chi connectivity index (χ0) is 19.2. The molecule has 0 bridgehead atoms. The van der Waals surface area contributed by atoms with Crippen molar-refractivity contribution < 1.29 is 0 Å². The summed E-state index contributed by atoms with van der Waals surface area (Å²) < 4.78 is 1.24. The van der Waals surface area contributed by atoms with E-state index in [1.165, 1.54) is 71.9 Å². The summed E-state index contributed by atoms with van der Waals surface area (Å²) >= 11 is 8.09. The van der Waals surface area contributed by atoms with Crippen molar-refractivity contribution >= 4 is 33.0 Å². The molecule has 1 saturated carbocycles. The predicted molar refractivity (Wildman–Crippen MR) is 123 cm³/mol. The van der Waals surface area contributed by atoms with Crippen molar-refractivity contribution in [2.75, 3.05) is 6.54 Å². The molecule has 28 heavy (non-hydrogen) atoms. The fourth-order valence-corrected chi connectivity index (χ4v) is 5.48. The highest BCUT2D eigenvalue weighted by molar-refractivity contribution is 7.21. The lowest BCUT2D eigenvalue weighted by atomic mass is 9.86. The first-order valence-corrected chi connectivity index (χ1v) is 11.8. The Morgan fingerprint density at radius 1 is 0.929 bits per heavy atom. The number of rotatable bonds is 6. The lowest BCUT2D eigenvalue weighted by Crippen LogP contribution is -2.07. The number of hydrogen-bond donors (Lipinski definition) is 0. The highest BCUT2D eigenvalue weighted by Crippen LogP contribution is 2.29. The first-order chi connectivity index (χ1) is 13.8. The highest BCUT2D eigenvalue weighted by Gasteiger charge is 2.12. The van der Waals surface area contributed by atoms with E-state index in [9.17, 15) is 0 Å². The molecule has 0 amide bonds. The smallest absolute Gasteiger partial charge is 0.0675 e. The van der Waals surface area contributed by atoms with Gasteiger partial charge in [0.25, 0.3) is 0 Å². The van der Waals surface area contributed by atoms with Gasteiger partial charge in [-0.15, -0.1) is 11.3 Å². The fourth-order valence-electron chi connectivity index (χ4n) is 4.24. The molecule has 0 atom stereocenters. The van der Waals surface area contributed by atoms with Crippen molar-refractivity contribution in [2.45, 2.75) is 51.4 Å². The first-order valence-electron chi connectivity index (χ1n) is 10.6. The van der Waals surface area contributed by atoms with E-state index in [0.717, 1.165) is 22.8 Å². The van der Waals surface area contributed by atoms with Crippen LogP contribution in [0.1, 0.15) is 51.4 Å². The number of unbranched alkanes of at least 4 members (excludes halogenated alkanes) is 1. The summed E-state index contributed by atoms with van der Waals surface area (Å²) in [6.45, 7) is 0.900. The zero-order valence-electron chi connectivity index (χ0n) is 16.4. The van der Waals surface area contributed by atoms with Crippen molar-refractivity contribution in [3.8, 4) is 10.4 Å². The Morgan fingerprint density at radius 2 is 1.75 bits per heavy atom. The Labute approximate surface area is 177 Å². The molecular weight excluding hydrogens is 382 g/mol. The molecule has 0 radical (unpaired) electrons. The normalized spacial score (nSPS) is 16.0. The minimum absolute atomic E-state index is 0.779. The van der Waals surface area contributed by atoms with Gasteiger partial charge in [0.2, 0.25) is 0 Å². The van der Waals surface area contributed by atoms with E-state index in [0.29, 0.717) is 0 Å². The number of hydrogen-bond acceptors (Lipinski definition) is 2. The number of nitrogens with zero attached hydrogens (tertiary/aromatic N) is 1. The first kappa shape index (κ1) is 19.7. The third-order valence-electron chi connectivity index (χ3n) is 5.79. The van der Waals surface area contributed by atoms with Crippen LogP contribution in [0.15, 0.2) is 59.6 Å². The molecule has 3 aromatic rings.